The number of carbonyl (C=O) groups is 1. The van der Waals surface area contributed by atoms with E-state index in [-0.39, 0.29) is 18.1 Å². The molecule has 1 saturated carbocycles. The first-order chi connectivity index (χ1) is 10.6. The molecule has 0 spiro atoms. The summed E-state index contributed by atoms with van der Waals surface area (Å²) < 4.78 is 11.3. The number of carbonyl (C=O) groups excluding carboxylic acids is 1. The second-order valence-corrected chi connectivity index (χ2v) is 6.15. The van der Waals surface area contributed by atoms with Gasteiger partial charge in [0.05, 0.1) is 12.1 Å². The maximum atomic E-state index is 12.1. The number of amides is 2. The van der Waals surface area contributed by atoms with Gasteiger partial charge in [0.15, 0.2) is 0 Å². The summed E-state index contributed by atoms with van der Waals surface area (Å²) in [7, 11) is 0. The van der Waals surface area contributed by atoms with Crippen molar-refractivity contribution in [3.05, 3.63) is 28.8 Å². The number of aryl methyl sites for hydroxylation is 1. The van der Waals surface area contributed by atoms with E-state index in [1.54, 1.807) is 0 Å². The van der Waals surface area contributed by atoms with Crippen LogP contribution in [0.3, 0.4) is 0 Å². The van der Waals surface area contributed by atoms with Gasteiger partial charge in [-0.15, -0.1) is 0 Å². The zero-order valence-corrected chi connectivity index (χ0v) is 13.4. The number of urea groups is 1. The van der Waals surface area contributed by atoms with E-state index in [0.717, 1.165) is 36.3 Å². The lowest BCUT2D eigenvalue weighted by atomic mass is 9.89. The average Bonchev–Trinajstić information content (AvgIpc) is 2.84. The van der Waals surface area contributed by atoms with E-state index in [1.807, 2.05) is 13.0 Å². The smallest absolute Gasteiger partial charge is 0.315 e. The van der Waals surface area contributed by atoms with Crippen molar-refractivity contribution in [2.24, 2.45) is 0 Å². The molecule has 2 N–H and O–H groups in total. The Kier molecular flexibility index (Phi) is 4.25. The fraction of sp³-hybridized carbons (Fsp3) is 0.588. The van der Waals surface area contributed by atoms with Crippen LogP contribution in [0.1, 0.15) is 42.5 Å². The predicted octanol–water partition coefficient (Wildman–Crippen LogP) is 2.60. The first kappa shape index (κ1) is 15.2. The molecule has 0 aromatic heterocycles. The summed E-state index contributed by atoms with van der Waals surface area (Å²) in [6.45, 7) is 7.35. The Balaban J connectivity index is 1.53. The van der Waals surface area contributed by atoms with E-state index < -0.39 is 0 Å². The Morgan fingerprint density at radius 1 is 1.32 bits per heavy atom. The number of rotatable bonds is 4. The Hall–Kier alpha value is -1.75. The summed E-state index contributed by atoms with van der Waals surface area (Å²) in [4.78, 5) is 12.1. The fourth-order valence-corrected chi connectivity index (χ4v) is 3.09. The Morgan fingerprint density at radius 2 is 2.09 bits per heavy atom. The van der Waals surface area contributed by atoms with E-state index in [1.165, 1.54) is 5.56 Å². The normalized spacial score (nSPS) is 25.9. The summed E-state index contributed by atoms with van der Waals surface area (Å²) in [5, 5.41) is 6.01. The van der Waals surface area contributed by atoms with Crippen LogP contribution in [0.5, 0.6) is 5.75 Å². The minimum absolute atomic E-state index is 0.0722. The third-order valence-corrected chi connectivity index (χ3v) is 4.61. The molecule has 0 bridgehead atoms. The molecule has 1 heterocycles. The van der Waals surface area contributed by atoms with E-state index in [4.69, 9.17) is 9.47 Å². The van der Waals surface area contributed by atoms with Gasteiger partial charge in [0.2, 0.25) is 0 Å². The third kappa shape index (κ3) is 2.90. The quantitative estimate of drug-likeness (QED) is 0.899. The van der Waals surface area contributed by atoms with Crippen LogP contribution < -0.4 is 15.4 Å². The molecule has 0 saturated heterocycles. The molecule has 5 nitrogen and oxygen atoms in total. The van der Waals surface area contributed by atoms with Crippen molar-refractivity contribution in [2.45, 2.75) is 51.8 Å². The maximum absolute atomic E-state index is 12.1. The number of hydrogen-bond donors (Lipinski definition) is 2. The number of fused-ring (bicyclic) bond motifs is 1. The van der Waals surface area contributed by atoms with Crippen molar-refractivity contribution < 1.29 is 14.3 Å². The number of benzene rings is 1. The molecule has 1 aromatic carbocycles. The van der Waals surface area contributed by atoms with Crippen LogP contribution in [0.4, 0.5) is 4.79 Å². The van der Waals surface area contributed by atoms with Gasteiger partial charge in [0.1, 0.15) is 12.4 Å². The molecule has 22 heavy (non-hydrogen) atoms. The van der Waals surface area contributed by atoms with Gasteiger partial charge in [-0.05, 0) is 44.7 Å². The molecule has 1 aromatic rings. The highest BCUT2D eigenvalue weighted by atomic mass is 16.5. The second-order valence-electron chi connectivity index (χ2n) is 6.15. The summed E-state index contributed by atoms with van der Waals surface area (Å²) >= 11 is 0. The molecule has 5 heteroatoms. The molecule has 2 aliphatic rings. The summed E-state index contributed by atoms with van der Waals surface area (Å²) in [6.07, 6.45) is 2.10. The van der Waals surface area contributed by atoms with Gasteiger partial charge in [-0.3, -0.25) is 0 Å². The van der Waals surface area contributed by atoms with Crippen molar-refractivity contribution in [2.75, 3.05) is 13.2 Å². The van der Waals surface area contributed by atoms with Crippen LogP contribution in [0.15, 0.2) is 12.1 Å². The van der Waals surface area contributed by atoms with Crippen LogP contribution in [0, 0.1) is 13.8 Å². The van der Waals surface area contributed by atoms with Crippen molar-refractivity contribution in [1.82, 2.24) is 10.6 Å². The lowest BCUT2D eigenvalue weighted by Crippen LogP contribution is -2.51. The molecular formula is C17H24N2O3. The average molecular weight is 304 g/mol. The van der Waals surface area contributed by atoms with Gasteiger partial charge in [0, 0.05) is 18.2 Å². The molecule has 1 aliphatic heterocycles. The van der Waals surface area contributed by atoms with E-state index in [0.29, 0.717) is 12.7 Å². The second kappa shape index (κ2) is 6.16. The fourth-order valence-electron chi connectivity index (χ4n) is 3.09. The Morgan fingerprint density at radius 3 is 2.82 bits per heavy atom. The summed E-state index contributed by atoms with van der Waals surface area (Å²) in [6, 6.07) is 4.15. The lowest BCUT2D eigenvalue weighted by molar-refractivity contribution is -0.00716. The molecule has 3 rings (SSSR count). The van der Waals surface area contributed by atoms with Crippen LogP contribution in [0.2, 0.25) is 0 Å². The summed E-state index contributed by atoms with van der Waals surface area (Å²) in [5.74, 6) is 0.922. The lowest BCUT2D eigenvalue weighted by Gasteiger charge is -2.35. The standard InChI is InChI=1S/C17H24N2O3/c1-4-21-13-7-12(8-13)18-17(20)19-15-9-22-16-11(3)10(2)5-6-14(15)16/h5-6,12-13,15H,4,7-9H2,1-3H3,(H2,18,19,20). The van der Waals surface area contributed by atoms with Gasteiger partial charge >= 0.3 is 6.03 Å². The van der Waals surface area contributed by atoms with E-state index in [2.05, 4.69) is 30.5 Å². The van der Waals surface area contributed by atoms with Gasteiger partial charge in [-0.25, -0.2) is 4.79 Å². The molecule has 1 fully saturated rings. The highest BCUT2D eigenvalue weighted by Gasteiger charge is 2.32. The Labute approximate surface area is 131 Å². The number of hydrogen-bond acceptors (Lipinski definition) is 3. The van der Waals surface area contributed by atoms with Crippen molar-refractivity contribution in [3.63, 3.8) is 0 Å². The van der Waals surface area contributed by atoms with Crippen LogP contribution in [-0.2, 0) is 4.74 Å². The van der Waals surface area contributed by atoms with Gasteiger partial charge in [0.25, 0.3) is 0 Å². The van der Waals surface area contributed by atoms with Gasteiger partial charge < -0.3 is 20.1 Å². The topological polar surface area (TPSA) is 59.6 Å². The van der Waals surface area contributed by atoms with Crippen LogP contribution in [0.25, 0.3) is 0 Å². The number of ether oxygens (including phenoxy) is 2. The highest BCUT2D eigenvalue weighted by molar-refractivity contribution is 5.75. The van der Waals surface area contributed by atoms with E-state index >= 15 is 0 Å². The van der Waals surface area contributed by atoms with E-state index in [9.17, 15) is 4.79 Å². The Bertz CT molecular complexity index is 567. The zero-order chi connectivity index (χ0) is 15.7. The third-order valence-electron chi connectivity index (χ3n) is 4.61. The van der Waals surface area contributed by atoms with Crippen LogP contribution in [-0.4, -0.2) is 31.4 Å². The maximum Gasteiger partial charge on any atom is 0.315 e. The van der Waals surface area contributed by atoms with Crippen LogP contribution >= 0.6 is 0 Å². The van der Waals surface area contributed by atoms with Gasteiger partial charge in [-0.1, -0.05) is 12.1 Å². The largest absolute Gasteiger partial charge is 0.490 e. The summed E-state index contributed by atoms with van der Waals surface area (Å²) in [5.41, 5.74) is 3.43. The molecular weight excluding hydrogens is 280 g/mol. The van der Waals surface area contributed by atoms with Crippen molar-refractivity contribution >= 4 is 6.03 Å². The SMILES string of the molecule is CCOC1CC(NC(=O)NC2COc3c2ccc(C)c3C)C1. The minimum atomic E-state index is -0.125. The predicted molar refractivity (Wildman–Crippen MR) is 84.3 cm³/mol. The highest BCUT2D eigenvalue weighted by Crippen LogP contribution is 2.36. The van der Waals surface area contributed by atoms with Gasteiger partial charge in [-0.2, -0.15) is 0 Å². The van der Waals surface area contributed by atoms with Crippen molar-refractivity contribution in [1.29, 1.82) is 0 Å². The van der Waals surface area contributed by atoms with Crippen molar-refractivity contribution in [3.8, 4) is 5.75 Å². The minimum Gasteiger partial charge on any atom is -0.490 e. The zero-order valence-electron chi connectivity index (χ0n) is 13.4. The molecule has 1 unspecified atom stereocenters. The molecule has 120 valence electrons. The molecule has 1 atom stereocenters. The molecule has 0 radical (unpaired) electrons. The first-order valence-electron chi connectivity index (χ1n) is 8.00. The molecule has 2 amide bonds. The number of nitrogens with one attached hydrogen (secondary N) is 2. The monoisotopic (exact) mass is 304 g/mol. The molecule has 1 aliphatic carbocycles. The first-order valence-corrected chi connectivity index (χ1v) is 8.00.